The van der Waals surface area contributed by atoms with E-state index < -0.39 is 6.04 Å². The Morgan fingerprint density at radius 1 is 1.00 bits per heavy atom. The Morgan fingerprint density at radius 2 is 1.65 bits per heavy atom. The molecule has 168 valence electrons. The highest BCUT2D eigenvalue weighted by Gasteiger charge is 2.26. The first-order valence-corrected chi connectivity index (χ1v) is 11.2. The molecule has 8 heteroatoms. The van der Waals surface area contributed by atoms with Gasteiger partial charge in [0.2, 0.25) is 11.8 Å². The van der Waals surface area contributed by atoms with Crippen molar-refractivity contribution < 1.29 is 14.3 Å². The topological polar surface area (TPSA) is 58.6 Å². The van der Waals surface area contributed by atoms with Crippen molar-refractivity contribution in [3.63, 3.8) is 0 Å². The Balaban J connectivity index is 2.04. The van der Waals surface area contributed by atoms with Crippen molar-refractivity contribution >= 4 is 46.6 Å². The van der Waals surface area contributed by atoms with Crippen molar-refractivity contribution in [3.05, 3.63) is 63.1 Å². The predicted molar refractivity (Wildman–Crippen MR) is 126 cm³/mol. The van der Waals surface area contributed by atoms with E-state index in [1.54, 1.807) is 49.4 Å². The van der Waals surface area contributed by atoms with Crippen molar-refractivity contribution in [2.24, 2.45) is 0 Å². The highest BCUT2D eigenvalue weighted by atomic mass is 35.5. The van der Waals surface area contributed by atoms with Crippen LogP contribution in [0.2, 0.25) is 15.1 Å². The van der Waals surface area contributed by atoms with Crippen LogP contribution < -0.4 is 10.1 Å². The molecule has 5 nitrogen and oxygen atoms in total. The molecule has 1 atom stereocenters. The Kier molecular flexibility index (Phi) is 9.94. The molecule has 0 aliphatic heterocycles. The largest absolute Gasteiger partial charge is 0.494 e. The van der Waals surface area contributed by atoms with Gasteiger partial charge in [-0.3, -0.25) is 9.59 Å². The molecule has 1 N–H and O–H groups in total. The van der Waals surface area contributed by atoms with E-state index in [0.29, 0.717) is 33.8 Å². The van der Waals surface area contributed by atoms with Crippen LogP contribution in [0, 0.1) is 0 Å². The van der Waals surface area contributed by atoms with E-state index in [1.165, 1.54) is 4.90 Å². The minimum atomic E-state index is -0.654. The molecule has 2 amide bonds. The fourth-order valence-electron chi connectivity index (χ4n) is 2.91. The van der Waals surface area contributed by atoms with Crippen molar-refractivity contribution in [1.82, 2.24) is 10.2 Å². The van der Waals surface area contributed by atoms with Gasteiger partial charge in [0.15, 0.2) is 0 Å². The molecular weight excluding hydrogens is 459 g/mol. The van der Waals surface area contributed by atoms with E-state index in [9.17, 15) is 9.59 Å². The minimum absolute atomic E-state index is 0.0289. The zero-order chi connectivity index (χ0) is 23.0. The summed E-state index contributed by atoms with van der Waals surface area (Å²) < 4.78 is 5.66. The fourth-order valence-corrected chi connectivity index (χ4v) is 3.50. The molecule has 0 radical (unpaired) electrons. The second kappa shape index (κ2) is 12.2. The van der Waals surface area contributed by atoms with Crippen LogP contribution in [0.5, 0.6) is 5.75 Å². The number of ether oxygens (including phenoxy) is 1. The number of nitrogens with one attached hydrogen (secondary N) is 1. The molecule has 31 heavy (non-hydrogen) atoms. The monoisotopic (exact) mass is 484 g/mol. The summed E-state index contributed by atoms with van der Waals surface area (Å²) in [5, 5.41) is 4.45. The van der Waals surface area contributed by atoms with Crippen LogP contribution in [0.25, 0.3) is 0 Å². The molecular formula is C23H27Cl3N2O3. The summed E-state index contributed by atoms with van der Waals surface area (Å²) in [6, 6.07) is 11.5. The molecule has 0 aliphatic rings. The van der Waals surface area contributed by atoms with Gasteiger partial charge < -0.3 is 15.0 Å². The molecule has 0 aromatic heterocycles. The lowest BCUT2D eigenvalue weighted by molar-refractivity contribution is -0.141. The molecule has 2 aromatic carbocycles. The number of rotatable bonds is 10. The van der Waals surface area contributed by atoms with E-state index in [2.05, 4.69) is 5.32 Å². The van der Waals surface area contributed by atoms with E-state index in [1.807, 2.05) is 13.8 Å². The van der Waals surface area contributed by atoms with Gasteiger partial charge in [-0.2, -0.15) is 0 Å². The SMILES string of the molecule is CC(C)NC(=O)[C@H](C)N(Cc1ccc(Cl)cc1Cl)C(=O)CCCOc1ccc(Cl)cc1. The van der Waals surface area contributed by atoms with E-state index in [0.717, 1.165) is 5.56 Å². The highest BCUT2D eigenvalue weighted by molar-refractivity contribution is 6.35. The number of halogens is 3. The Hall–Kier alpha value is -1.95. The highest BCUT2D eigenvalue weighted by Crippen LogP contribution is 2.24. The molecule has 2 aromatic rings. The molecule has 2 rings (SSSR count). The van der Waals surface area contributed by atoms with Crippen LogP contribution in [0.1, 0.15) is 39.2 Å². The molecule has 0 heterocycles. The van der Waals surface area contributed by atoms with Crippen molar-refractivity contribution in [3.8, 4) is 5.75 Å². The number of hydrogen-bond donors (Lipinski definition) is 1. The number of carbonyl (C=O) groups excluding carboxylic acids is 2. The summed E-state index contributed by atoms with van der Waals surface area (Å²) in [6.07, 6.45) is 0.739. The Morgan fingerprint density at radius 3 is 2.26 bits per heavy atom. The quantitative estimate of drug-likeness (QED) is 0.436. The van der Waals surface area contributed by atoms with Gasteiger partial charge >= 0.3 is 0 Å². The smallest absolute Gasteiger partial charge is 0.242 e. The minimum Gasteiger partial charge on any atom is -0.494 e. The molecule has 0 saturated carbocycles. The predicted octanol–water partition coefficient (Wildman–Crippen LogP) is 5.75. The third kappa shape index (κ3) is 8.24. The van der Waals surface area contributed by atoms with Crippen LogP contribution in [-0.2, 0) is 16.1 Å². The second-order valence-corrected chi connectivity index (χ2v) is 8.78. The van der Waals surface area contributed by atoms with Crippen molar-refractivity contribution in [1.29, 1.82) is 0 Å². The van der Waals surface area contributed by atoms with E-state index >= 15 is 0 Å². The first kappa shape index (κ1) is 25.3. The lowest BCUT2D eigenvalue weighted by Gasteiger charge is -2.29. The number of nitrogens with zero attached hydrogens (tertiary/aromatic N) is 1. The van der Waals surface area contributed by atoms with Gasteiger partial charge in [0.25, 0.3) is 0 Å². The maximum Gasteiger partial charge on any atom is 0.242 e. The lowest BCUT2D eigenvalue weighted by Crippen LogP contribution is -2.49. The number of benzene rings is 2. The van der Waals surface area contributed by atoms with Crippen LogP contribution >= 0.6 is 34.8 Å². The number of hydrogen-bond acceptors (Lipinski definition) is 3. The summed E-state index contributed by atoms with van der Waals surface area (Å²) in [4.78, 5) is 27.1. The van der Waals surface area contributed by atoms with Crippen LogP contribution in [0.3, 0.4) is 0 Å². The number of carbonyl (C=O) groups is 2. The molecule has 0 spiro atoms. The average Bonchev–Trinajstić information content (AvgIpc) is 2.71. The maximum atomic E-state index is 13.0. The maximum absolute atomic E-state index is 13.0. The molecule has 0 fully saturated rings. The van der Waals surface area contributed by atoms with Gasteiger partial charge in [0, 0.05) is 34.1 Å². The molecule has 0 saturated heterocycles. The normalized spacial score (nSPS) is 11.8. The lowest BCUT2D eigenvalue weighted by atomic mass is 10.1. The van der Waals surface area contributed by atoms with Gasteiger partial charge in [0.05, 0.1) is 6.61 Å². The van der Waals surface area contributed by atoms with Crippen LogP contribution in [-0.4, -0.2) is 35.4 Å². The summed E-state index contributed by atoms with van der Waals surface area (Å²) in [6.45, 7) is 6.04. The number of amides is 2. The van der Waals surface area contributed by atoms with Crippen LogP contribution in [0.4, 0.5) is 0 Å². The summed E-state index contributed by atoms with van der Waals surface area (Å²) >= 11 is 18.1. The van der Waals surface area contributed by atoms with Gasteiger partial charge in [-0.25, -0.2) is 0 Å². The van der Waals surface area contributed by atoms with Crippen LogP contribution in [0.15, 0.2) is 42.5 Å². The molecule has 0 aliphatic carbocycles. The molecule has 0 unspecified atom stereocenters. The standard InChI is InChI=1S/C23H27Cl3N2O3/c1-15(2)27-23(30)16(3)28(14-17-6-7-19(25)13-21(17)26)22(29)5-4-12-31-20-10-8-18(24)9-11-20/h6-11,13,15-16H,4-5,12,14H2,1-3H3,(H,27,30)/t16-/m0/s1. The Labute approximate surface area is 198 Å². The first-order chi connectivity index (χ1) is 14.7. The third-order valence-electron chi connectivity index (χ3n) is 4.57. The second-order valence-electron chi connectivity index (χ2n) is 7.50. The summed E-state index contributed by atoms with van der Waals surface area (Å²) in [5.74, 6) is 0.314. The van der Waals surface area contributed by atoms with Gasteiger partial charge in [-0.05, 0) is 69.2 Å². The van der Waals surface area contributed by atoms with Gasteiger partial charge in [-0.15, -0.1) is 0 Å². The summed E-state index contributed by atoms with van der Waals surface area (Å²) in [5.41, 5.74) is 0.723. The summed E-state index contributed by atoms with van der Waals surface area (Å²) in [7, 11) is 0. The van der Waals surface area contributed by atoms with Crippen molar-refractivity contribution in [2.45, 2.75) is 52.2 Å². The first-order valence-electron chi connectivity index (χ1n) is 10.1. The third-order valence-corrected chi connectivity index (χ3v) is 5.41. The zero-order valence-corrected chi connectivity index (χ0v) is 20.1. The van der Waals surface area contributed by atoms with Gasteiger partial charge in [0.1, 0.15) is 11.8 Å². The van der Waals surface area contributed by atoms with Crippen molar-refractivity contribution in [2.75, 3.05) is 6.61 Å². The fraction of sp³-hybridized carbons (Fsp3) is 0.391. The van der Waals surface area contributed by atoms with E-state index in [-0.39, 0.29) is 30.8 Å². The zero-order valence-electron chi connectivity index (χ0n) is 17.8. The van der Waals surface area contributed by atoms with E-state index in [4.69, 9.17) is 39.5 Å². The molecule has 0 bridgehead atoms. The Bertz CT molecular complexity index is 888. The van der Waals surface area contributed by atoms with Gasteiger partial charge in [-0.1, -0.05) is 40.9 Å². The average molecular weight is 486 g/mol.